The lowest BCUT2D eigenvalue weighted by Crippen LogP contribution is -2.13. The normalized spacial score (nSPS) is 11.6. The molecule has 0 fully saturated rings. The van der Waals surface area contributed by atoms with Crippen molar-refractivity contribution in [1.29, 1.82) is 5.26 Å². The van der Waals surface area contributed by atoms with Crippen LogP contribution in [-0.2, 0) is 11.2 Å². The number of rotatable bonds is 4. The minimum atomic E-state index is -0.214. The Morgan fingerprint density at radius 1 is 1.62 bits per heavy atom. The predicted octanol–water partition coefficient (Wildman–Crippen LogP) is 2.46. The fourth-order valence-electron chi connectivity index (χ4n) is 1.32. The second-order valence-corrected chi connectivity index (χ2v) is 4.53. The van der Waals surface area contributed by atoms with Crippen molar-refractivity contribution in [3.63, 3.8) is 0 Å². The number of hydrogen-bond acceptors (Lipinski definition) is 3. The molecule has 0 aliphatic carbocycles. The van der Waals surface area contributed by atoms with Crippen molar-refractivity contribution in [3.8, 4) is 11.8 Å². The first-order valence-electron chi connectivity index (χ1n) is 4.80. The van der Waals surface area contributed by atoms with Gasteiger partial charge in [-0.3, -0.25) is 4.79 Å². The van der Waals surface area contributed by atoms with Crippen LogP contribution >= 0.6 is 15.9 Å². The van der Waals surface area contributed by atoms with Gasteiger partial charge in [0.1, 0.15) is 11.5 Å². The Hall–Kier alpha value is -1.34. The topological polar surface area (TPSA) is 50.1 Å². The molecule has 1 aromatic rings. The Kier molecular flexibility index (Phi) is 4.51. The van der Waals surface area contributed by atoms with Crippen LogP contribution in [0.1, 0.15) is 18.1 Å². The largest absolute Gasteiger partial charge is 0.496 e. The van der Waals surface area contributed by atoms with Crippen LogP contribution in [-0.4, -0.2) is 17.7 Å². The van der Waals surface area contributed by atoms with Gasteiger partial charge in [-0.05, 0) is 31.0 Å². The number of Topliss-reactive ketones (excluding diaryl/α,β-unsaturated/α-hetero) is 1. The Morgan fingerprint density at radius 2 is 2.31 bits per heavy atom. The van der Waals surface area contributed by atoms with E-state index in [0.29, 0.717) is 17.7 Å². The second kappa shape index (κ2) is 5.66. The third-order valence-corrected chi connectivity index (χ3v) is 3.22. The van der Waals surface area contributed by atoms with Crippen LogP contribution in [0.15, 0.2) is 18.2 Å². The van der Waals surface area contributed by atoms with Gasteiger partial charge in [-0.25, -0.2) is 0 Å². The van der Waals surface area contributed by atoms with E-state index in [0.717, 1.165) is 5.56 Å². The maximum absolute atomic E-state index is 11.1. The summed E-state index contributed by atoms with van der Waals surface area (Å²) in [5, 5.41) is 8.75. The third-order valence-electron chi connectivity index (χ3n) is 2.26. The van der Waals surface area contributed by atoms with Gasteiger partial charge in [0.2, 0.25) is 0 Å². The number of carbonyl (C=O) groups is 1. The summed E-state index contributed by atoms with van der Waals surface area (Å²) in [6.45, 7) is 1.54. The van der Waals surface area contributed by atoms with E-state index in [1.807, 2.05) is 12.1 Å². The molecule has 0 spiro atoms. The zero-order valence-corrected chi connectivity index (χ0v) is 10.7. The molecule has 4 heteroatoms. The summed E-state index contributed by atoms with van der Waals surface area (Å²) >= 11 is 3.31. The third kappa shape index (κ3) is 3.07. The standard InChI is InChI=1S/C12H12BrNO2/c1-8(15)11(13)6-10-4-3-9(7-14)5-12(10)16-2/h3-5,11H,6H2,1-2H3. The van der Waals surface area contributed by atoms with Crippen LogP contribution in [0.3, 0.4) is 0 Å². The number of nitriles is 1. The highest BCUT2D eigenvalue weighted by atomic mass is 79.9. The van der Waals surface area contributed by atoms with Crippen molar-refractivity contribution in [2.45, 2.75) is 18.2 Å². The van der Waals surface area contributed by atoms with Crippen LogP contribution in [0.2, 0.25) is 0 Å². The number of hydrogen-bond donors (Lipinski definition) is 0. The lowest BCUT2D eigenvalue weighted by Gasteiger charge is -2.10. The molecule has 1 rings (SSSR count). The number of ketones is 1. The molecule has 0 saturated heterocycles. The Balaban J connectivity index is 2.97. The quantitative estimate of drug-likeness (QED) is 0.797. The van der Waals surface area contributed by atoms with Gasteiger partial charge in [-0.15, -0.1) is 0 Å². The average Bonchev–Trinajstić information content (AvgIpc) is 2.29. The molecule has 1 atom stereocenters. The van der Waals surface area contributed by atoms with Gasteiger partial charge in [0.05, 0.1) is 23.6 Å². The molecular weight excluding hydrogens is 270 g/mol. The van der Waals surface area contributed by atoms with Gasteiger partial charge in [0, 0.05) is 0 Å². The van der Waals surface area contributed by atoms with E-state index in [1.54, 1.807) is 19.2 Å². The van der Waals surface area contributed by atoms with E-state index in [4.69, 9.17) is 10.00 Å². The van der Waals surface area contributed by atoms with Crippen molar-refractivity contribution < 1.29 is 9.53 Å². The number of methoxy groups -OCH3 is 1. The van der Waals surface area contributed by atoms with Gasteiger partial charge < -0.3 is 4.74 Å². The molecule has 0 aliphatic rings. The molecule has 0 amide bonds. The van der Waals surface area contributed by atoms with Crippen LogP contribution in [0, 0.1) is 11.3 Å². The van der Waals surface area contributed by atoms with Crippen molar-refractivity contribution in [1.82, 2.24) is 0 Å². The smallest absolute Gasteiger partial charge is 0.143 e. The van der Waals surface area contributed by atoms with Crippen molar-refractivity contribution in [2.24, 2.45) is 0 Å². The maximum atomic E-state index is 11.1. The summed E-state index contributed by atoms with van der Waals surface area (Å²) in [6.07, 6.45) is 0.560. The highest BCUT2D eigenvalue weighted by molar-refractivity contribution is 9.10. The van der Waals surface area contributed by atoms with E-state index >= 15 is 0 Å². The Morgan fingerprint density at radius 3 is 2.81 bits per heavy atom. The molecule has 0 aromatic heterocycles. The molecule has 0 radical (unpaired) electrons. The lowest BCUT2D eigenvalue weighted by atomic mass is 10.0. The van der Waals surface area contributed by atoms with Crippen LogP contribution in [0.4, 0.5) is 0 Å². The first-order chi connectivity index (χ1) is 7.58. The van der Waals surface area contributed by atoms with Crippen molar-refractivity contribution in [2.75, 3.05) is 7.11 Å². The molecule has 0 saturated carbocycles. The lowest BCUT2D eigenvalue weighted by molar-refractivity contribution is -0.116. The average molecular weight is 282 g/mol. The zero-order valence-electron chi connectivity index (χ0n) is 9.16. The predicted molar refractivity (Wildman–Crippen MR) is 64.8 cm³/mol. The van der Waals surface area contributed by atoms with Gasteiger partial charge >= 0.3 is 0 Å². The fraction of sp³-hybridized carbons (Fsp3) is 0.333. The number of halogens is 1. The van der Waals surface area contributed by atoms with Crippen LogP contribution < -0.4 is 4.74 Å². The summed E-state index contributed by atoms with van der Waals surface area (Å²) in [5.41, 5.74) is 1.47. The summed E-state index contributed by atoms with van der Waals surface area (Å²) in [7, 11) is 1.55. The Labute approximate surface area is 103 Å². The van der Waals surface area contributed by atoms with E-state index in [2.05, 4.69) is 15.9 Å². The first-order valence-corrected chi connectivity index (χ1v) is 5.71. The molecule has 0 aliphatic heterocycles. The van der Waals surface area contributed by atoms with Gasteiger partial charge in [0.25, 0.3) is 0 Å². The molecule has 0 bridgehead atoms. The Bertz CT molecular complexity index is 437. The molecule has 3 nitrogen and oxygen atoms in total. The summed E-state index contributed by atoms with van der Waals surface area (Å²) in [6, 6.07) is 7.26. The zero-order chi connectivity index (χ0) is 12.1. The second-order valence-electron chi connectivity index (χ2n) is 3.42. The van der Waals surface area contributed by atoms with Crippen LogP contribution in [0.5, 0.6) is 5.75 Å². The minimum absolute atomic E-state index is 0.0754. The molecule has 16 heavy (non-hydrogen) atoms. The monoisotopic (exact) mass is 281 g/mol. The van der Waals surface area contributed by atoms with E-state index < -0.39 is 0 Å². The van der Waals surface area contributed by atoms with Crippen molar-refractivity contribution in [3.05, 3.63) is 29.3 Å². The number of alkyl halides is 1. The van der Waals surface area contributed by atoms with Gasteiger partial charge in [0.15, 0.2) is 0 Å². The van der Waals surface area contributed by atoms with Crippen molar-refractivity contribution >= 4 is 21.7 Å². The highest BCUT2D eigenvalue weighted by Gasteiger charge is 2.13. The number of carbonyl (C=O) groups excluding carboxylic acids is 1. The summed E-state index contributed by atoms with van der Waals surface area (Å²) in [5.74, 6) is 0.719. The van der Waals surface area contributed by atoms with E-state index in [-0.39, 0.29) is 10.6 Å². The van der Waals surface area contributed by atoms with E-state index in [1.165, 1.54) is 6.92 Å². The molecule has 0 heterocycles. The minimum Gasteiger partial charge on any atom is -0.496 e. The number of benzene rings is 1. The molecule has 1 aromatic carbocycles. The van der Waals surface area contributed by atoms with E-state index in [9.17, 15) is 4.79 Å². The number of ether oxygens (including phenoxy) is 1. The summed E-state index contributed by atoms with van der Waals surface area (Å²) in [4.78, 5) is 10.9. The molecule has 84 valence electrons. The fourth-order valence-corrected chi connectivity index (χ4v) is 1.67. The van der Waals surface area contributed by atoms with Gasteiger partial charge in [-0.2, -0.15) is 5.26 Å². The van der Waals surface area contributed by atoms with Crippen LogP contribution in [0.25, 0.3) is 0 Å². The summed E-state index contributed by atoms with van der Waals surface area (Å²) < 4.78 is 5.19. The number of nitrogens with zero attached hydrogens (tertiary/aromatic N) is 1. The molecule has 1 unspecified atom stereocenters. The molecular formula is C12H12BrNO2. The maximum Gasteiger partial charge on any atom is 0.143 e. The SMILES string of the molecule is COc1cc(C#N)ccc1CC(Br)C(C)=O. The molecule has 0 N–H and O–H groups in total. The first kappa shape index (κ1) is 12.7. The highest BCUT2D eigenvalue weighted by Crippen LogP contribution is 2.23. The van der Waals surface area contributed by atoms with Gasteiger partial charge in [-0.1, -0.05) is 22.0 Å².